The Morgan fingerprint density at radius 2 is 2.00 bits per heavy atom. The predicted molar refractivity (Wildman–Crippen MR) is 78.7 cm³/mol. The summed E-state index contributed by atoms with van der Waals surface area (Å²) < 4.78 is 27.4. The van der Waals surface area contributed by atoms with Crippen molar-refractivity contribution in [2.75, 3.05) is 5.75 Å². The Bertz CT molecular complexity index is 668. The van der Waals surface area contributed by atoms with Crippen LogP contribution in [0.2, 0.25) is 0 Å². The molecule has 1 aromatic heterocycles. The zero-order valence-electron chi connectivity index (χ0n) is 10.8. The van der Waals surface area contributed by atoms with Gasteiger partial charge < -0.3 is 0 Å². The summed E-state index contributed by atoms with van der Waals surface area (Å²) in [7, 11) is 0. The molecule has 0 aliphatic carbocycles. The first-order valence-corrected chi connectivity index (χ1v) is 8.23. The lowest BCUT2D eigenvalue weighted by atomic mass is 10.1. The fourth-order valence-electron chi connectivity index (χ4n) is 2.21. The number of rotatable bonds is 2. The molecule has 5 heteroatoms. The van der Waals surface area contributed by atoms with E-state index in [2.05, 4.69) is 0 Å². The molecule has 0 fully saturated rings. The van der Waals surface area contributed by atoms with Gasteiger partial charge in [-0.2, -0.15) is 11.8 Å². The Morgan fingerprint density at radius 1 is 1.20 bits per heavy atom. The van der Waals surface area contributed by atoms with E-state index >= 15 is 0 Å². The molecule has 0 bridgehead atoms. The van der Waals surface area contributed by atoms with Crippen molar-refractivity contribution in [3.05, 3.63) is 56.3 Å². The third-order valence-electron chi connectivity index (χ3n) is 3.34. The molecular formula is C15H12F2OS2. The largest absolute Gasteiger partial charge is 0.288 e. The lowest BCUT2D eigenvalue weighted by molar-refractivity contribution is 0.103. The lowest BCUT2D eigenvalue weighted by Crippen LogP contribution is -2.04. The molecule has 3 rings (SSSR count). The normalized spacial score (nSPS) is 14.2. The van der Waals surface area contributed by atoms with Crippen LogP contribution in [0, 0.1) is 18.6 Å². The van der Waals surface area contributed by atoms with Crippen LogP contribution in [0.4, 0.5) is 8.78 Å². The van der Waals surface area contributed by atoms with Gasteiger partial charge in [-0.05, 0) is 48.4 Å². The van der Waals surface area contributed by atoms with Gasteiger partial charge in [-0.1, -0.05) is 0 Å². The SMILES string of the molecule is Cc1cc(F)c(C(=O)c2cc3c(s2)CCSC3)cc1F. The molecule has 1 aliphatic rings. The second-order valence-corrected chi connectivity index (χ2v) is 7.01. The summed E-state index contributed by atoms with van der Waals surface area (Å²) in [6, 6.07) is 3.90. The highest BCUT2D eigenvalue weighted by molar-refractivity contribution is 7.98. The van der Waals surface area contributed by atoms with Gasteiger partial charge in [0.1, 0.15) is 11.6 Å². The molecule has 0 atom stereocenters. The number of hydrogen-bond donors (Lipinski definition) is 0. The minimum Gasteiger partial charge on any atom is -0.288 e. The van der Waals surface area contributed by atoms with E-state index in [-0.39, 0.29) is 11.1 Å². The second-order valence-electron chi connectivity index (χ2n) is 4.77. The van der Waals surface area contributed by atoms with E-state index in [1.807, 2.05) is 17.8 Å². The van der Waals surface area contributed by atoms with E-state index in [1.165, 1.54) is 23.1 Å². The highest BCUT2D eigenvalue weighted by Crippen LogP contribution is 2.33. The van der Waals surface area contributed by atoms with E-state index < -0.39 is 17.4 Å². The molecule has 0 saturated heterocycles. The molecule has 0 unspecified atom stereocenters. The average Bonchev–Trinajstić information content (AvgIpc) is 2.86. The number of halogens is 2. The van der Waals surface area contributed by atoms with Gasteiger partial charge in [0.25, 0.3) is 0 Å². The van der Waals surface area contributed by atoms with Crippen LogP contribution in [0.15, 0.2) is 18.2 Å². The first-order chi connectivity index (χ1) is 9.56. The number of fused-ring (bicyclic) bond motifs is 1. The van der Waals surface area contributed by atoms with Crippen molar-refractivity contribution in [1.82, 2.24) is 0 Å². The van der Waals surface area contributed by atoms with Gasteiger partial charge in [0, 0.05) is 10.6 Å². The zero-order chi connectivity index (χ0) is 14.3. The Morgan fingerprint density at radius 3 is 2.75 bits per heavy atom. The maximum absolute atomic E-state index is 13.9. The summed E-state index contributed by atoms with van der Waals surface area (Å²) >= 11 is 3.23. The number of benzene rings is 1. The lowest BCUT2D eigenvalue weighted by Gasteiger charge is -2.08. The minimum absolute atomic E-state index is 0.181. The summed E-state index contributed by atoms with van der Waals surface area (Å²) in [6.45, 7) is 1.48. The number of thioether (sulfide) groups is 1. The van der Waals surface area contributed by atoms with Crippen LogP contribution in [-0.2, 0) is 12.2 Å². The molecule has 104 valence electrons. The van der Waals surface area contributed by atoms with Gasteiger partial charge >= 0.3 is 0 Å². The Labute approximate surface area is 124 Å². The average molecular weight is 310 g/mol. The van der Waals surface area contributed by atoms with E-state index in [4.69, 9.17) is 0 Å². The van der Waals surface area contributed by atoms with E-state index in [1.54, 1.807) is 0 Å². The van der Waals surface area contributed by atoms with Crippen molar-refractivity contribution < 1.29 is 13.6 Å². The summed E-state index contributed by atoms with van der Waals surface area (Å²) in [4.78, 5) is 14.0. The summed E-state index contributed by atoms with van der Waals surface area (Å²) in [6.07, 6.45) is 0.947. The number of carbonyl (C=O) groups excluding carboxylic acids is 1. The highest BCUT2D eigenvalue weighted by atomic mass is 32.2. The van der Waals surface area contributed by atoms with Crippen LogP contribution in [0.25, 0.3) is 0 Å². The van der Waals surface area contributed by atoms with Crippen LogP contribution in [0.3, 0.4) is 0 Å². The van der Waals surface area contributed by atoms with E-state index in [9.17, 15) is 13.6 Å². The van der Waals surface area contributed by atoms with Crippen LogP contribution in [0.1, 0.15) is 31.2 Å². The molecule has 0 saturated carbocycles. The van der Waals surface area contributed by atoms with Gasteiger partial charge in [0.15, 0.2) is 0 Å². The van der Waals surface area contributed by atoms with Gasteiger partial charge in [0.05, 0.1) is 10.4 Å². The van der Waals surface area contributed by atoms with Gasteiger partial charge in [-0.25, -0.2) is 8.78 Å². The molecule has 0 radical (unpaired) electrons. The molecule has 1 nitrogen and oxygen atoms in total. The van der Waals surface area contributed by atoms with Crippen molar-refractivity contribution in [3.8, 4) is 0 Å². The Kier molecular flexibility index (Phi) is 3.65. The summed E-state index contributed by atoms with van der Waals surface area (Å²) in [5, 5.41) is 0. The summed E-state index contributed by atoms with van der Waals surface area (Å²) in [5.74, 6) is 0.311. The van der Waals surface area contributed by atoms with E-state index in [0.29, 0.717) is 4.88 Å². The fraction of sp³-hybridized carbons (Fsp3) is 0.267. The first kappa shape index (κ1) is 13.8. The van der Waals surface area contributed by atoms with Crippen molar-refractivity contribution >= 4 is 28.9 Å². The molecular weight excluding hydrogens is 298 g/mol. The maximum Gasteiger partial charge on any atom is 0.206 e. The monoisotopic (exact) mass is 310 g/mol. The minimum atomic E-state index is -0.658. The quantitative estimate of drug-likeness (QED) is 0.767. The third kappa shape index (κ3) is 2.40. The number of aryl methyl sites for hydroxylation is 2. The van der Waals surface area contributed by atoms with Crippen molar-refractivity contribution in [3.63, 3.8) is 0 Å². The molecule has 0 N–H and O–H groups in total. The van der Waals surface area contributed by atoms with Crippen LogP contribution in [0.5, 0.6) is 0 Å². The topological polar surface area (TPSA) is 17.1 Å². The predicted octanol–water partition coefficient (Wildman–Crippen LogP) is 4.36. The number of thiophene rings is 1. The number of hydrogen-bond acceptors (Lipinski definition) is 3. The molecule has 2 heterocycles. The van der Waals surface area contributed by atoms with Crippen LogP contribution < -0.4 is 0 Å². The molecule has 1 aromatic carbocycles. The van der Waals surface area contributed by atoms with Crippen molar-refractivity contribution in [2.45, 2.75) is 19.1 Å². The van der Waals surface area contributed by atoms with Gasteiger partial charge in [-0.3, -0.25) is 4.79 Å². The Hall–Kier alpha value is -1.20. The van der Waals surface area contributed by atoms with Crippen molar-refractivity contribution in [2.24, 2.45) is 0 Å². The van der Waals surface area contributed by atoms with Gasteiger partial charge in [-0.15, -0.1) is 11.3 Å². The number of carbonyl (C=O) groups is 1. The van der Waals surface area contributed by atoms with Crippen LogP contribution >= 0.6 is 23.1 Å². The summed E-state index contributed by atoms with van der Waals surface area (Å²) in [5.41, 5.74) is 1.18. The van der Waals surface area contributed by atoms with Crippen molar-refractivity contribution in [1.29, 1.82) is 0 Å². The molecule has 1 aliphatic heterocycles. The first-order valence-electron chi connectivity index (χ1n) is 6.26. The highest BCUT2D eigenvalue weighted by Gasteiger charge is 2.21. The van der Waals surface area contributed by atoms with E-state index in [0.717, 1.165) is 35.6 Å². The molecule has 0 spiro atoms. The van der Waals surface area contributed by atoms with Gasteiger partial charge in [0.2, 0.25) is 5.78 Å². The maximum atomic E-state index is 13.9. The molecule has 2 aromatic rings. The smallest absolute Gasteiger partial charge is 0.206 e. The standard InChI is InChI=1S/C15H12F2OS2/c1-8-4-12(17)10(6-11(8)16)15(18)14-5-9-7-19-3-2-13(9)20-14/h4-6H,2-3,7H2,1H3. The molecule has 20 heavy (non-hydrogen) atoms. The fourth-order valence-corrected chi connectivity index (χ4v) is 4.54. The second kappa shape index (κ2) is 5.30. The third-order valence-corrected chi connectivity index (χ3v) is 5.59. The molecule has 0 amide bonds. The Balaban J connectivity index is 2.00. The number of ketones is 1. The zero-order valence-corrected chi connectivity index (χ0v) is 12.5. The van der Waals surface area contributed by atoms with Crippen LogP contribution in [-0.4, -0.2) is 11.5 Å².